The standard InChI is InChI=1S/C21H33N3O3/c1-2-22-21(24-15-20-4-3-11-26-20)23-14-17-5-7-18(8-6-17)16-27-19-9-12-25-13-10-19/h5-8,19-20H,2-4,9-16H2,1H3,(H2,22,23,24). The molecule has 2 N–H and O–H groups in total. The number of nitrogens with one attached hydrogen (secondary N) is 2. The zero-order valence-corrected chi connectivity index (χ0v) is 16.4. The van der Waals surface area contributed by atoms with Crippen LogP contribution in [0, 0.1) is 0 Å². The zero-order valence-electron chi connectivity index (χ0n) is 16.4. The Morgan fingerprint density at radius 3 is 2.56 bits per heavy atom. The molecule has 2 aliphatic rings. The highest BCUT2D eigenvalue weighted by Gasteiger charge is 2.15. The van der Waals surface area contributed by atoms with E-state index in [1.807, 2.05) is 0 Å². The third-order valence-corrected chi connectivity index (χ3v) is 4.96. The topological polar surface area (TPSA) is 64.1 Å². The van der Waals surface area contributed by atoms with Crippen molar-refractivity contribution in [2.45, 2.75) is 58.0 Å². The van der Waals surface area contributed by atoms with Crippen LogP contribution in [-0.2, 0) is 27.4 Å². The summed E-state index contributed by atoms with van der Waals surface area (Å²) in [6.45, 7) is 7.57. The van der Waals surface area contributed by atoms with Crippen LogP contribution in [0.2, 0.25) is 0 Å². The molecule has 27 heavy (non-hydrogen) atoms. The lowest BCUT2D eigenvalue weighted by atomic mass is 10.1. The Labute approximate surface area is 162 Å². The second-order valence-electron chi connectivity index (χ2n) is 7.15. The fourth-order valence-corrected chi connectivity index (χ4v) is 3.33. The van der Waals surface area contributed by atoms with E-state index in [1.165, 1.54) is 11.1 Å². The summed E-state index contributed by atoms with van der Waals surface area (Å²) in [6.07, 6.45) is 4.93. The van der Waals surface area contributed by atoms with Crippen LogP contribution in [0.4, 0.5) is 0 Å². The van der Waals surface area contributed by atoms with Gasteiger partial charge in [0.25, 0.3) is 0 Å². The van der Waals surface area contributed by atoms with Gasteiger partial charge in [0.05, 0.1) is 25.4 Å². The summed E-state index contributed by atoms with van der Waals surface area (Å²) in [7, 11) is 0. The first-order valence-corrected chi connectivity index (χ1v) is 10.2. The highest BCUT2D eigenvalue weighted by molar-refractivity contribution is 5.79. The maximum absolute atomic E-state index is 5.98. The lowest BCUT2D eigenvalue weighted by Crippen LogP contribution is -2.41. The predicted molar refractivity (Wildman–Crippen MR) is 107 cm³/mol. The van der Waals surface area contributed by atoms with Gasteiger partial charge in [0.2, 0.25) is 0 Å². The van der Waals surface area contributed by atoms with Gasteiger partial charge in [-0.2, -0.15) is 0 Å². The van der Waals surface area contributed by atoms with Crippen molar-refractivity contribution in [3.8, 4) is 0 Å². The number of hydrogen-bond donors (Lipinski definition) is 2. The number of hydrogen-bond acceptors (Lipinski definition) is 4. The molecule has 0 saturated carbocycles. The lowest BCUT2D eigenvalue weighted by molar-refractivity contribution is -0.0390. The van der Waals surface area contributed by atoms with Crippen LogP contribution in [0.15, 0.2) is 29.3 Å². The van der Waals surface area contributed by atoms with Gasteiger partial charge in [-0.05, 0) is 43.7 Å². The molecular weight excluding hydrogens is 342 g/mol. The second kappa shape index (κ2) is 11.3. The van der Waals surface area contributed by atoms with Crippen molar-refractivity contribution in [2.75, 3.05) is 32.9 Å². The molecule has 0 amide bonds. The molecular formula is C21H33N3O3. The smallest absolute Gasteiger partial charge is 0.191 e. The Balaban J connectivity index is 1.44. The molecule has 0 bridgehead atoms. The molecule has 2 aliphatic heterocycles. The van der Waals surface area contributed by atoms with Gasteiger partial charge in [-0.15, -0.1) is 0 Å². The highest BCUT2D eigenvalue weighted by atomic mass is 16.5. The molecule has 3 rings (SSSR count). The number of rotatable bonds is 8. The largest absolute Gasteiger partial charge is 0.381 e. The molecule has 1 aromatic rings. The van der Waals surface area contributed by atoms with E-state index in [9.17, 15) is 0 Å². The minimum Gasteiger partial charge on any atom is -0.381 e. The maximum atomic E-state index is 5.98. The minimum absolute atomic E-state index is 0.309. The summed E-state index contributed by atoms with van der Waals surface area (Å²) in [6, 6.07) is 8.54. The van der Waals surface area contributed by atoms with Gasteiger partial charge in [0.1, 0.15) is 0 Å². The van der Waals surface area contributed by atoms with Crippen LogP contribution in [0.1, 0.15) is 43.7 Å². The quantitative estimate of drug-likeness (QED) is 0.540. The van der Waals surface area contributed by atoms with Gasteiger partial charge in [-0.1, -0.05) is 24.3 Å². The molecule has 0 radical (unpaired) electrons. The molecule has 1 atom stereocenters. The molecule has 0 aliphatic carbocycles. The predicted octanol–water partition coefficient (Wildman–Crippen LogP) is 2.62. The van der Waals surface area contributed by atoms with Gasteiger partial charge >= 0.3 is 0 Å². The van der Waals surface area contributed by atoms with Gasteiger partial charge < -0.3 is 24.8 Å². The third kappa shape index (κ3) is 7.13. The lowest BCUT2D eigenvalue weighted by Gasteiger charge is -2.22. The molecule has 1 aromatic carbocycles. The van der Waals surface area contributed by atoms with Crippen LogP contribution in [0.25, 0.3) is 0 Å². The summed E-state index contributed by atoms with van der Waals surface area (Å²) in [5.41, 5.74) is 2.40. The number of benzene rings is 1. The molecule has 6 heteroatoms. The number of ether oxygens (including phenoxy) is 3. The van der Waals surface area contributed by atoms with Gasteiger partial charge in [-0.25, -0.2) is 4.99 Å². The van der Waals surface area contributed by atoms with Gasteiger partial charge in [-0.3, -0.25) is 0 Å². The van der Waals surface area contributed by atoms with Crippen LogP contribution in [0.3, 0.4) is 0 Å². The van der Waals surface area contributed by atoms with E-state index in [0.717, 1.165) is 64.6 Å². The molecule has 2 saturated heterocycles. The molecule has 1 unspecified atom stereocenters. The van der Waals surface area contributed by atoms with Crippen molar-refractivity contribution in [3.63, 3.8) is 0 Å². The fraction of sp³-hybridized carbons (Fsp3) is 0.667. The summed E-state index contributed by atoms with van der Waals surface area (Å²) in [5, 5.41) is 6.68. The average Bonchev–Trinajstić information content (AvgIpc) is 3.24. The minimum atomic E-state index is 0.309. The summed E-state index contributed by atoms with van der Waals surface area (Å²) in [5.74, 6) is 0.847. The number of aliphatic imine (C=N–C) groups is 1. The van der Waals surface area contributed by atoms with Crippen molar-refractivity contribution >= 4 is 5.96 Å². The van der Waals surface area contributed by atoms with Crippen molar-refractivity contribution in [1.82, 2.24) is 10.6 Å². The van der Waals surface area contributed by atoms with E-state index < -0.39 is 0 Å². The van der Waals surface area contributed by atoms with E-state index in [2.05, 4.69) is 46.8 Å². The second-order valence-corrected chi connectivity index (χ2v) is 7.15. The Bertz CT molecular complexity index is 565. The number of nitrogens with zero attached hydrogens (tertiary/aromatic N) is 1. The first-order chi connectivity index (χ1) is 13.3. The summed E-state index contributed by atoms with van der Waals surface area (Å²) >= 11 is 0. The van der Waals surface area contributed by atoms with Crippen molar-refractivity contribution in [1.29, 1.82) is 0 Å². The summed E-state index contributed by atoms with van der Waals surface area (Å²) < 4.78 is 17.0. The average molecular weight is 376 g/mol. The first kappa shape index (κ1) is 20.1. The van der Waals surface area contributed by atoms with E-state index in [4.69, 9.17) is 14.2 Å². The van der Waals surface area contributed by atoms with Crippen LogP contribution in [-0.4, -0.2) is 51.1 Å². The van der Waals surface area contributed by atoms with Crippen LogP contribution < -0.4 is 10.6 Å². The fourth-order valence-electron chi connectivity index (χ4n) is 3.33. The van der Waals surface area contributed by atoms with Gasteiger partial charge in [0.15, 0.2) is 5.96 Å². The Morgan fingerprint density at radius 2 is 1.85 bits per heavy atom. The van der Waals surface area contributed by atoms with Crippen molar-refractivity contribution < 1.29 is 14.2 Å². The van der Waals surface area contributed by atoms with E-state index in [0.29, 0.717) is 25.4 Å². The Hall–Kier alpha value is -1.63. The first-order valence-electron chi connectivity index (χ1n) is 10.2. The normalized spacial score (nSPS) is 21.4. The monoisotopic (exact) mass is 375 g/mol. The van der Waals surface area contributed by atoms with Crippen molar-refractivity contribution in [2.24, 2.45) is 4.99 Å². The van der Waals surface area contributed by atoms with E-state index >= 15 is 0 Å². The Kier molecular flexibility index (Phi) is 8.39. The van der Waals surface area contributed by atoms with E-state index in [1.54, 1.807) is 0 Å². The molecule has 6 nitrogen and oxygen atoms in total. The van der Waals surface area contributed by atoms with Crippen LogP contribution in [0.5, 0.6) is 0 Å². The van der Waals surface area contributed by atoms with Crippen LogP contribution >= 0.6 is 0 Å². The van der Waals surface area contributed by atoms with Gasteiger partial charge in [0, 0.05) is 32.9 Å². The maximum Gasteiger partial charge on any atom is 0.191 e. The Morgan fingerprint density at radius 1 is 1.07 bits per heavy atom. The molecule has 0 spiro atoms. The highest BCUT2D eigenvalue weighted by Crippen LogP contribution is 2.14. The molecule has 2 heterocycles. The third-order valence-electron chi connectivity index (χ3n) is 4.96. The van der Waals surface area contributed by atoms with E-state index in [-0.39, 0.29) is 0 Å². The molecule has 150 valence electrons. The zero-order chi connectivity index (χ0) is 18.7. The molecule has 2 fully saturated rings. The SMILES string of the molecule is CCNC(=NCc1ccc(COC2CCOCC2)cc1)NCC1CCCO1. The van der Waals surface area contributed by atoms with Crippen molar-refractivity contribution in [3.05, 3.63) is 35.4 Å². The number of guanidine groups is 1. The molecule has 0 aromatic heterocycles. The summed E-state index contributed by atoms with van der Waals surface area (Å²) in [4.78, 5) is 4.69.